The summed E-state index contributed by atoms with van der Waals surface area (Å²) in [6, 6.07) is 20.2. The first-order valence-electron chi connectivity index (χ1n) is 11.0. The van der Waals surface area contributed by atoms with Crippen molar-refractivity contribution in [3.05, 3.63) is 89.6 Å². The lowest BCUT2D eigenvalue weighted by Gasteiger charge is -2.20. The Balaban J connectivity index is 1.21. The third-order valence-electron chi connectivity index (χ3n) is 5.98. The van der Waals surface area contributed by atoms with E-state index < -0.39 is 0 Å². The average molecular weight is 427 g/mol. The molecule has 1 amide bonds. The number of carbonyl (C=O) groups is 1. The molecule has 162 valence electrons. The Morgan fingerprint density at radius 1 is 0.938 bits per heavy atom. The van der Waals surface area contributed by atoms with Gasteiger partial charge >= 0.3 is 0 Å². The molecule has 0 unspecified atom stereocenters. The van der Waals surface area contributed by atoms with E-state index in [-0.39, 0.29) is 5.91 Å². The smallest absolute Gasteiger partial charge is 0.224 e. The van der Waals surface area contributed by atoms with E-state index >= 15 is 0 Å². The molecule has 2 aromatic heterocycles. The van der Waals surface area contributed by atoms with Gasteiger partial charge in [-0.2, -0.15) is 0 Å². The van der Waals surface area contributed by atoms with Crippen LogP contribution in [0.3, 0.4) is 0 Å². The third kappa shape index (κ3) is 4.53. The normalized spacial score (nSPS) is 14.1. The van der Waals surface area contributed by atoms with Gasteiger partial charge in [0.25, 0.3) is 0 Å². The van der Waals surface area contributed by atoms with Crippen LogP contribution < -0.4 is 5.32 Å². The van der Waals surface area contributed by atoms with Crippen LogP contribution >= 0.6 is 0 Å². The molecule has 0 fully saturated rings. The molecular weight excluding hydrogens is 400 g/mol. The van der Waals surface area contributed by atoms with Crippen LogP contribution in [0.15, 0.2) is 66.9 Å². The number of nitrogens with zero attached hydrogens (tertiary/aromatic N) is 5. The highest BCUT2D eigenvalue weighted by molar-refractivity contribution is 5.81. The van der Waals surface area contributed by atoms with Crippen molar-refractivity contribution in [1.29, 1.82) is 0 Å². The number of carbonyl (C=O) groups excluding carboxylic acids is 1. The highest BCUT2D eigenvalue weighted by Crippen LogP contribution is 2.19. The van der Waals surface area contributed by atoms with Crippen molar-refractivity contribution in [3.63, 3.8) is 0 Å². The lowest BCUT2D eigenvalue weighted by molar-refractivity contribution is -0.120. The zero-order valence-electron chi connectivity index (χ0n) is 17.9. The third-order valence-corrected chi connectivity index (χ3v) is 5.98. The largest absolute Gasteiger partial charge is 0.349 e. The van der Waals surface area contributed by atoms with Crippen LogP contribution in [0.1, 0.15) is 22.8 Å². The number of aromatic nitrogens is 4. The standard InChI is InChI=1S/C25H26N6O/c32-25(16-19-6-2-1-3-7-19)27-17-24-29-28-23-11-13-30(14-15-31(23)24)18-20-8-4-10-22-21(20)9-5-12-26-22/h1-10,12H,11,13-18H2,(H,27,32). The quantitative estimate of drug-likeness (QED) is 0.513. The Labute approximate surface area is 187 Å². The van der Waals surface area contributed by atoms with Crippen molar-refractivity contribution in [1.82, 2.24) is 30.0 Å². The number of rotatable bonds is 6. The molecule has 32 heavy (non-hydrogen) atoms. The summed E-state index contributed by atoms with van der Waals surface area (Å²) in [4.78, 5) is 19.3. The Morgan fingerprint density at radius 3 is 2.75 bits per heavy atom. The van der Waals surface area contributed by atoms with Crippen molar-refractivity contribution in [2.75, 3.05) is 13.1 Å². The van der Waals surface area contributed by atoms with Gasteiger partial charge in [-0.05, 0) is 23.3 Å². The first-order valence-corrected chi connectivity index (χ1v) is 11.0. The van der Waals surface area contributed by atoms with Crippen molar-refractivity contribution >= 4 is 16.8 Å². The summed E-state index contributed by atoms with van der Waals surface area (Å²) in [6.07, 6.45) is 3.05. The zero-order chi connectivity index (χ0) is 21.8. The van der Waals surface area contributed by atoms with Crippen LogP contribution in [0.2, 0.25) is 0 Å². The second kappa shape index (κ2) is 9.28. The van der Waals surface area contributed by atoms with Crippen LogP contribution in [-0.4, -0.2) is 43.6 Å². The van der Waals surface area contributed by atoms with E-state index in [1.807, 2.05) is 42.6 Å². The fourth-order valence-corrected chi connectivity index (χ4v) is 4.28. The Hall–Kier alpha value is -3.58. The molecule has 0 saturated carbocycles. The molecule has 1 N–H and O–H groups in total. The summed E-state index contributed by atoms with van der Waals surface area (Å²) in [5.74, 6) is 1.80. The van der Waals surface area contributed by atoms with Crippen molar-refractivity contribution < 1.29 is 4.79 Å². The second-order valence-corrected chi connectivity index (χ2v) is 8.14. The van der Waals surface area contributed by atoms with Crippen LogP contribution in [0.5, 0.6) is 0 Å². The second-order valence-electron chi connectivity index (χ2n) is 8.14. The molecule has 7 nitrogen and oxygen atoms in total. The predicted octanol–water partition coefficient (Wildman–Crippen LogP) is 2.74. The molecule has 5 rings (SSSR count). The van der Waals surface area contributed by atoms with Gasteiger partial charge in [-0.3, -0.25) is 14.7 Å². The lowest BCUT2D eigenvalue weighted by Crippen LogP contribution is -2.28. The van der Waals surface area contributed by atoms with E-state index in [2.05, 4.69) is 54.2 Å². The summed E-state index contributed by atoms with van der Waals surface area (Å²) >= 11 is 0. The first kappa shape index (κ1) is 20.3. The Kier molecular flexibility index (Phi) is 5.89. The molecule has 1 aliphatic heterocycles. The molecule has 0 bridgehead atoms. The van der Waals surface area contributed by atoms with Crippen LogP contribution in [0.4, 0.5) is 0 Å². The fraction of sp³-hybridized carbons (Fsp3) is 0.280. The Morgan fingerprint density at radius 2 is 1.84 bits per heavy atom. The number of pyridine rings is 1. The van der Waals surface area contributed by atoms with Gasteiger partial charge < -0.3 is 9.88 Å². The van der Waals surface area contributed by atoms with Gasteiger partial charge in [0.1, 0.15) is 5.82 Å². The molecule has 1 aliphatic rings. The fourth-order valence-electron chi connectivity index (χ4n) is 4.28. The van der Waals surface area contributed by atoms with E-state index in [4.69, 9.17) is 0 Å². The van der Waals surface area contributed by atoms with Gasteiger partial charge in [0.2, 0.25) is 5.91 Å². The zero-order valence-corrected chi connectivity index (χ0v) is 17.9. The molecule has 0 spiro atoms. The lowest BCUT2D eigenvalue weighted by atomic mass is 10.1. The Bertz CT molecular complexity index is 1210. The van der Waals surface area contributed by atoms with Crippen LogP contribution in [0.25, 0.3) is 10.9 Å². The number of nitrogens with one attached hydrogen (secondary N) is 1. The highest BCUT2D eigenvalue weighted by atomic mass is 16.1. The van der Waals surface area contributed by atoms with E-state index in [0.29, 0.717) is 13.0 Å². The summed E-state index contributed by atoms with van der Waals surface area (Å²) in [6.45, 7) is 3.93. The maximum Gasteiger partial charge on any atom is 0.224 e. The average Bonchev–Trinajstić information content (AvgIpc) is 3.10. The number of hydrogen-bond donors (Lipinski definition) is 1. The van der Waals surface area contributed by atoms with Gasteiger partial charge in [-0.15, -0.1) is 10.2 Å². The summed E-state index contributed by atoms with van der Waals surface area (Å²) in [5.41, 5.74) is 3.33. The molecule has 0 atom stereocenters. The summed E-state index contributed by atoms with van der Waals surface area (Å²) in [5, 5.41) is 12.9. The molecule has 0 aliphatic carbocycles. The number of benzene rings is 2. The molecule has 7 heteroatoms. The first-order chi connectivity index (χ1) is 15.8. The van der Waals surface area contributed by atoms with Crippen molar-refractivity contribution in [2.24, 2.45) is 0 Å². The van der Waals surface area contributed by atoms with E-state index in [9.17, 15) is 4.79 Å². The van der Waals surface area contributed by atoms with Crippen LogP contribution in [0, 0.1) is 0 Å². The molecule has 2 aromatic carbocycles. The van der Waals surface area contributed by atoms with E-state index in [1.54, 1.807) is 0 Å². The van der Waals surface area contributed by atoms with Crippen molar-refractivity contribution in [3.8, 4) is 0 Å². The highest BCUT2D eigenvalue weighted by Gasteiger charge is 2.19. The number of amides is 1. The molecular formula is C25H26N6O. The summed E-state index contributed by atoms with van der Waals surface area (Å²) < 4.78 is 2.16. The topological polar surface area (TPSA) is 75.9 Å². The maximum absolute atomic E-state index is 12.3. The maximum atomic E-state index is 12.3. The minimum Gasteiger partial charge on any atom is -0.349 e. The van der Waals surface area contributed by atoms with Gasteiger partial charge in [0.05, 0.1) is 18.5 Å². The van der Waals surface area contributed by atoms with Gasteiger partial charge in [0, 0.05) is 44.2 Å². The molecule has 3 heterocycles. The molecule has 0 radical (unpaired) electrons. The summed E-state index contributed by atoms with van der Waals surface area (Å²) in [7, 11) is 0. The van der Waals surface area contributed by atoms with Gasteiger partial charge in [0.15, 0.2) is 5.82 Å². The molecule has 4 aromatic rings. The predicted molar refractivity (Wildman–Crippen MR) is 123 cm³/mol. The number of fused-ring (bicyclic) bond motifs is 2. The minimum atomic E-state index is -0.00614. The SMILES string of the molecule is O=C(Cc1ccccc1)NCc1nnc2n1CCN(Cc1cccc3ncccc13)CC2. The van der Waals surface area contributed by atoms with Crippen molar-refractivity contribution in [2.45, 2.75) is 32.5 Å². The van der Waals surface area contributed by atoms with E-state index in [0.717, 1.165) is 55.3 Å². The van der Waals surface area contributed by atoms with Gasteiger partial charge in [-0.1, -0.05) is 48.5 Å². The van der Waals surface area contributed by atoms with Gasteiger partial charge in [-0.25, -0.2) is 0 Å². The van der Waals surface area contributed by atoms with E-state index in [1.165, 1.54) is 10.9 Å². The monoisotopic (exact) mass is 426 g/mol. The van der Waals surface area contributed by atoms with Crippen LogP contribution in [-0.2, 0) is 37.3 Å². The minimum absolute atomic E-state index is 0.00614. The number of hydrogen-bond acceptors (Lipinski definition) is 5. The molecule has 0 saturated heterocycles.